The van der Waals surface area contributed by atoms with E-state index in [9.17, 15) is 10.1 Å². The summed E-state index contributed by atoms with van der Waals surface area (Å²) in [5, 5.41) is 14.7. The first-order valence-electron chi connectivity index (χ1n) is 6.41. The summed E-state index contributed by atoms with van der Waals surface area (Å²) in [4.78, 5) is 14.6. The van der Waals surface area contributed by atoms with Crippen LogP contribution in [0.25, 0.3) is 0 Å². The van der Waals surface area contributed by atoms with Crippen molar-refractivity contribution < 1.29 is 4.92 Å². The molecule has 2 atom stereocenters. The summed E-state index contributed by atoms with van der Waals surface area (Å²) in [7, 11) is 0. The summed E-state index contributed by atoms with van der Waals surface area (Å²) in [6, 6.07) is 3.09. The second-order valence-electron chi connectivity index (χ2n) is 4.54. The molecular weight excluding hydrogens is 264 g/mol. The van der Waals surface area contributed by atoms with E-state index in [4.69, 9.17) is 5.73 Å². The lowest BCUT2D eigenvalue weighted by atomic mass is 10.2. The summed E-state index contributed by atoms with van der Waals surface area (Å²) in [5.74, 6) is 1.64. The van der Waals surface area contributed by atoms with Crippen LogP contribution in [0.4, 0.5) is 17.3 Å². The van der Waals surface area contributed by atoms with Gasteiger partial charge in [0.15, 0.2) is 0 Å². The van der Waals surface area contributed by atoms with Gasteiger partial charge in [-0.2, -0.15) is 11.8 Å². The zero-order chi connectivity index (χ0) is 13.8. The molecule has 0 bridgehead atoms. The number of nitrogens with one attached hydrogen (secondary N) is 1. The highest BCUT2D eigenvalue weighted by molar-refractivity contribution is 7.99. The highest BCUT2D eigenvalue weighted by Gasteiger charge is 2.29. The van der Waals surface area contributed by atoms with Crippen LogP contribution in [-0.2, 0) is 0 Å². The first-order valence-corrected chi connectivity index (χ1v) is 7.45. The summed E-state index contributed by atoms with van der Waals surface area (Å²) >= 11 is 1.89. The Morgan fingerprint density at radius 2 is 2.37 bits per heavy atom. The predicted octanol–water partition coefficient (Wildman–Crippen LogP) is 2.66. The van der Waals surface area contributed by atoms with Crippen LogP contribution in [0.5, 0.6) is 0 Å². The van der Waals surface area contributed by atoms with Crippen molar-refractivity contribution in [2.24, 2.45) is 0 Å². The molecule has 1 fully saturated rings. The Hall–Kier alpha value is -1.50. The monoisotopic (exact) mass is 282 g/mol. The van der Waals surface area contributed by atoms with E-state index in [0.717, 1.165) is 25.0 Å². The van der Waals surface area contributed by atoms with Crippen molar-refractivity contribution in [1.29, 1.82) is 0 Å². The molecule has 1 aliphatic rings. The van der Waals surface area contributed by atoms with Crippen molar-refractivity contribution in [3.8, 4) is 0 Å². The molecule has 0 amide bonds. The Bertz CT molecular complexity index is 469. The van der Waals surface area contributed by atoms with E-state index in [0.29, 0.717) is 16.9 Å². The maximum Gasteiger partial charge on any atom is 0.311 e. The number of nitrogens with zero attached hydrogens (tertiary/aromatic N) is 2. The fraction of sp³-hybridized carbons (Fsp3) is 0.583. The molecule has 2 unspecified atom stereocenters. The molecule has 6 nitrogen and oxygen atoms in total. The topological polar surface area (TPSA) is 94.1 Å². The second kappa shape index (κ2) is 6.10. The third-order valence-electron chi connectivity index (χ3n) is 3.25. The Morgan fingerprint density at radius 1 is 1.58 bits per heavy atom. The predicted molar refractivity (Wildman–Crippen MR) is 78.5 cm³/mol. The molecule has 0 aromatic carbocycles. The average molecular weight is 282 g/mol. The van der Waals surface area contributed by atoms with Gasteiger partial charge in [-0.3, -0.25) is 10.1 Å². The minimum Gasteiger partial charge on any atom is -0.384 e. The van der Waals surface area contributed by atoms with Gasteiger partial charge >= 0.3 is 5.69 Å². The lowest BCUT2D eigenvalue weighted by molar-refractivity contribution is -0.384. The number of nitro groups is 1. The summed E-state index contributed by atoms with van der Waals surface area (Å²) < 4.78 is 0. The van der Waals surface area contributed by atoms with Gasteiger partial charge in [-0.25, -0.2) is 4.98 Å². The summed E-state index contributed by atoms with van der Waals surface area (Å²) in [5.41, 5.74) is 5.60. The molecule has 0 aliphatic heterocycles. The highest BCUT2D eigenvalue weighted by Crippen LogP contribution is 2.33. The number of rotatable bonds is 5. The van der Waals surface area contributed by atoms with Crippen molar-refractivity contribution in [1.82, 2.24) is 4.98 Å². The van der Waals surface area contributed by atoms with Crippen LogP contribution in [0.3, 0.4) is 0 Å². The van der Waals surface area contributed by atoms with Gasteiger partial charge in [0.25, 0.3) is 0 Å². The Morgan fingerprint density at radius 3 is 3.05 bits per heavy atom. The largest absolute Gasteiger partial charge is 0.384 e. The fourth-order valence-corrected chi connectivity index (χ4v) is 3.60. The molecule has 1 aromatic heterocycles. The molecule has 0 spiro atoms. The molecule has 2 rings (SSSR count). The van der Waals surface area contributed by atoms with Crippen LogP contribution in [0.15, 0.2) is 12.1 Å². The van der Waals surface area contributed by atoms with Crippen LogP contribution in [0.2, 0.25) is 0 Å². The standard InChI is InChI=1S/C12H18N4O2S/c1-2-19-10-5-3-4-8(10)14-12-9(16(17)18)6-7-11(13)15-12/h6-8,10H,2-5H2,1H3,(H3,13,14,15). The van der Waals surface area contributed by atoms with E-state index in [2.05, 4.69) is 17.2 Å². The van der Waals surface area contributed by atoms with Crippen molar-refractivity contribution >= 4 is 29.1 Å². The molecule has 7 heteroatoms. The number of hydrogen-bond acceptors (Lipinski definition) is 6. The van der Waals surface area contributed by atoms with Gasteiger partial charge in [0.05, 0.1) is 4.92 Å². The van der Waals surface area contributed by atoms with Gasteiger partial charge in [-0.05, 0) is 24.7 Å². The van der Waals surface area contributed by atoms with E-state index >= 15 is 0 Å². The summed E-state index contributed by atoms with van der Waals surface area (Å²) in [6.07, 6.45) is 3.31. The molecule has 3 N–H and O–H groups in total. The molecule has 1 heterocycles. The lowest BCUT2D eigenvalue weighted by Gasteiger charge is -2.20. The van der Waals surface area contributed by atoms with Gasteiger partial charge in [0.2, 0.25) is 5.82 Å². The van der Waals surface area contributed by atoms with Crippen LogP contribution >= 0.6 is 11.8 Å². The number of hydrogen-bond donors (Lipinski definition) is 2. The summed E-state index contributed by atoms with van der Waals surface area (Å²) in [6.45, 7) is 2.13. The van der Waals surface area contributed by atoms with Crippen LogP contribution in [0, 0.1) is 10.1 Å². The van der Waals surface area contributed by atoms with Gasteiger partial charge in [-0.15, -0.1) is 0 Å². The first kappa shape index (κ1) is 13.9. The molecule has 1 saturated carbocycles. The minimum absolute atomic E-state index is 0.0126. The molecule has 104 valence electrons. The minimum atomic E-state index is -0.425. The number of anilines is 2. The van der Waals surface area contributed by atoms with E-state index in [-0.39, 0.29) is 11.7 Å². The zero-order valence-corrected chi connectivity index (χ0v) is 11.7. The quantitative estimate of drug-likeness (QED) is 0.637. The smallest absolute Gasteiger partial charge is 0.311 e. The van der Waals surface area contributed by atoms with Gasteiger partial charge < -0.3 is 11.1 Å². The number of nitrogen functional groups attached to an aromatic ring is 1. The van der Waals surface area contributed by atoms with E-state index in [1.807, 2.05) is 11.8 Å². The van der Waals surface area contributed by atoms with E-state index in [1.54, 1.807) is 0 Å². The Labute approximate surface area is 116 Å². The van der Waals surface area contributed by atoms with E-state index in [1.165, 1.54) is 12.1 Å². The highest BCUT2D eigenvalue weighted by atomic mass is 32.2. The SMILES string of the molecule is CCSC1CCCC1Nc1nc(N)ccc1[N+](=O)[O-]. The number of aromatic nitrogens is 1. The van der Waals surface area contributed by atoms with Crippen LogP contribution in [0.1, 0.15) is 26.2 Å². The third-order valence-corrected chi connectivity index (χ3v) is 4.57. The molecule has 0 radical (unpaired) electrons. The molecular formula is C12H18N4O2S. The van der Waals surface area contributed by atoms with Gasteiger partial charge in [-0.1, -0.05) is 13.3 Å². The molecule has 1 aliphatic carbocycles. The molecule has 19 heavy (non-hydrogen) atoms. The first-order chi connectivity index (χ1) is 9.11. The van der Waals surface area contributed by atoms with Gasteiger partial charge in [0, 0.05) is 17.4 Å². The normalized spacial score (nSPS) is 22.4. The van der Waals surface area contributed by atoms with E-state index < -0.39 is 4.92 Å². The van der Waals surface area contributed by atoms with Crippen LogP contribution in [-0.4, -0.2) is 27.0 Å². The van der Waals surface area contributed by atoms with Crippen molar-refractivity contribution in [3.05, 3.63) is 22.2 Å². The number of thioether (sulfide) groups is 1. The zero-order valence-electron chi connectivity index (χ0n) is 10.8. The number of nitrogens with two attached hydrogens (primary N) is 1. The average Bonchev–Trinajstić information content (AvgIpc) is 2.77. The van der Waals surface area contributed by atoms with Crippen LogP contribution < -0.4 is 11.1 Å². The molecule has 0 saturated heterocycles. The van der Waals surface area contributed by atoms with Gasteiger partial charge in [0.1, 0.15) is 5.82 Å². The van der Waals surface area contributed by atoms with Crippen molar-refractivity contribution in [2.75, 3.05) is 16.8 Å². The maximum absolute atomic E-state index is 11.0. The number of pyridine rings is 1. The second-order valence-corrected chi connectivity index (χ2v) is 6.05. The fourth-order valence-electron chi connectivity index (χ4n) is 2.40. The lowest BCUT2D eigenvalue weighted by Crippen LogP contribution is -2.27. The third kappa shape index (κ3) is 3.28. The Kier molecular flexibility index (Phi) is 4.47. The molecule has 1 aromatic rings. The van der Waals surface area contributed by atoms with Crippen molar-refractivity contribution in [3.63, 3.8) is 0 Å². The van der Waals surface area contributed by atoms with Crippen molar-refractivity contribution in [2.45, 2.75) is 37.5 Å². The maximum atomic E-state index is 11.0. The Balaban J connectivity index is 2.17.